The number of aryl methyl sites for hydroxylation is 1. The summed E-state index contributed by atoms with van der Waals surface area (Å²) in [6, 6.07) is 37.5. The van der Waals surface area contributed by atoms with Gasteiger partial charge in [0.25, 0.3) is 5.91 Å². The van der Waals surface area contributed by atoms with E-state index in [1.54, 1.807) is 30.1 Å². The van der Waals surface area contributed by atoms with Gasteiger partial charge in [-0.15, -0.1) is 0 Å². The number of carbonyl (C=O) groups is 1. The van der Waals surface area contributed by atoms with Crippen molar-refractivity contribution in [3.8, 4) is 34.8 Å². The van der Waals surface area contributed by atoms with Crippen molar-refractivity contribution in [2.24, 2.45) is 0 Å². The van der Waals surface area contributed by atoms with Gasteiger partial charge in [-0.1, -0.05) is 53.8 Å². The molecule has 0 unspecified atom stereocenters. The number of ether oxygens (including phenoxy) is 2. The Morgan fingerprint density at radius 2 is 1.29 bits per heavy atom. The van der Waals surface area contributed by atoms with Gasteiger partial charge in [0, 0.05) is 35.5 Å². The Morgan fingerprint density at radius 3 is 1.93 bits per heavy atom. The molecule has 0 saturated carbocycles. The molecule has 0 heterocycles. The van der Waals surface area contributed by atoms with Crippen LogP contribution in [-0.2, 0) is 6.61 Å². The first-order valence-electron chi connectivity index (χ1n) is 13.2. The lowest BCUT2D eigenvalue weighted by Crippen LogP contribution is -2.27. The van der Waals surface area contributed by atoms with Crippen molar-refractivity contribution in [2.75, 3.05) is 11.9 Å². The minimum absolute atomic E-state index is 0.230. The Morgan fingerprint density at radius 1 is 0.683 bits per heavy atom. The van der Waals surface area contributed by atoms with Gasteiger partial charge in [0.1, 0.15) is 23.0 Å². The maximum absolute atomic E-state index is 13.3. The van der Waals surface area contributed by atoms with Crippen LogP contribution in [0.25, 0.3) is 0 Å². The highest BCUT2D eigenvalue weighted by molar-refractivity contribution is 6.06. The summed E-state index contributed by atoms with van der Waals surface area (Å²) in [5.41, 5.74) is 4.43. The molecule has 5 aromatic rings. The van der Waals surface area contributed by atoms with Crippen LogP contribution in [0.1, 0.15) is 32.6 Å². The van der Waals surface area contributed by atoms with E-state index in [0.717, 1.165) is 16.9 Å². The van der Waals surface area contributed by atoms with Gasteiger partial charge in [0.05, 0.1) is 6.61 Å². The summed E-state index contributed by atoms with van der Waals surface area (Å²) in [5.74, 6) is 8.65. The van der Waals surface area contributed by atoms with Gasteiger partial charge in [-0.2, -0.15) is 0 Å². The Balaban J connectivity index is 1.26. The summed E-state index contributed by atoms with van der Waals surface area (Å²) in [6.07, 6.45) is 0. The zero-order chi connectivity index (χ0) is 28.6. The molecule has 0 bridgehead atoms. The van der Waals surface area contributed by atoms with E-state index in [1.807, 2.05) is 110 Å². The van der Waals surface area contributed by atoms with E-state index in [4.69, 9.17) is 9.47 Å². The Labute approximate surface area is 240 Å². The molecule has 1 N–H and O–H groups in total. The number of benzene rings is 5. The standard InChI is InChI=1S/C36H29NO4/c1-26-11-18-31(19-12-26)40-33-9-6-10-34(24-33)41-32-20-16-30(17-21-32)37(2)36(39)35-22-15-28(23-29(35)25-38)14-13-27-7-4-3-5-8-27/h3-12,15-24,38H,25H2,1-2H3. The second kappa shape index (κ2) is 12.7. The highest BCUT2D eigenvalue weighted by Crippen LogP contribution is 2.30. The van der Waals surface area contributed by atoms with E-state index in [-0.39, 0.29) is 12.5 Å². The molecule has 0 saturated heterocycles. The quantitative estimate of drug-likeness (QED) is 0.215. The molecule has 0 fully saturated rings. The maximum Gasteiger partial charge on any atom is 0.258 e. The molecular weight excluding hydrogens is 510 g/mol. The molecule has 5 heteroatoms. The van der Waals surface area contributed by atoms with Crippen LogP contribution < -0.4 is 14.4 Å². The number of aliphatic hydroxyl groups excluding tert-OH is 1. The molecule has 0 aliphatic carbocycles. The predicted octanol–water partition coefficient (Wildman–Crippen LogP) is 7.75. The highest BCUT2D eigenvalue weighted by Gasteiger charge is 2.17. The normalized spacial score (nSPS) is 10.3. The fourth-order valence-corrected chi connectivity index (χ4v) is 4.19. The Bertz CT molecular complexity index is 1700. The lowest BCUT2D eigenvalue weighted by molar-refractivity contribution is 0.0990. The average molecular weight is 540 g/mol. The van der Waals surface area contributed by atoms with Crippen LogP contribution in [0.5, 0.6) is 23.0 Å². The summed E-state index contributed by atoms with van der Waals surface area (Å²) in [4.78, 5) is 14.9. The van der Waals surface area contributed by atoms with E-state index in [2.05, 4.69) is 11.8 Å². The highest BCUT2D eigenvalue weighted by atomic mass is 16.5. The van der Waals surface area contributed by atoms with E-state index < -0.39 is 0 Å². The lowest BCUT2D eigenvalue weighted by Gasteiger charge is -2.19. The van der Waals surface area contributed by atoms with Crippen LogP contribution in [0.3, 0.4) is 0 Å². The molecule has 202 valence electrons. The van der Waals surface area contributed by atoms with Crippen LogP contribution in [-0.4, -0.2) is 18.1 Å². The zero-order valence-electron chi connectivity index (χ0n) is 22.9. The molecule has 0 atom stereocenters. The number of nitrogens with zero attached hydrogens (tertiary/aromatic N) is 1. The summed E-state index contributed by atoms with van der Waals surface area (Å²) in [7, 11) is 1.70. The summed E-state index contributed by atoms with van der Waals surface area (Å²) < 4.78 is 12.0. The monoisotopic (exact) mass is 539 g/mol. The second-order valence-electron chi connectivity index (χ2n) is 9.50. The van der Waals surface area contributed by atoms with Crippen molar-refractivity contribution in [1.29, 1.82) is 0 Å². The third-order valence-electron chi connectivity index (χ3n) is 6.46. The van der Waals surface area contributed by atoms with Gasteiger partial charge >= 0.3 is 0 Å². The summed E-state index contributed by atoms with van der Waals surface area (Å²) in [6.45, 7) is 1.76. The first kappa shape index (κ1) is 27.3. The van der Waals surface area contributed by atoms with E-state index in [9.17, 15) is 9.90 Å². The van der Waals surface area contributed by atoms with E-state index in [0.29, 0.717) is 34.1 Å². The number of anilines is 1. The molecular formula is C36H29NO4. The Kier molecular flexibility index (Phi) is 8.44. The smallest absolute Gasteiger partial charge is 0.258 e. The van der Waals surface area contributed by atoms with Gasteiger partial charge in [0.2, 0.25) is 0 Å². The van der Waals surface area contributed by atoms with E-state index >= 15 is 0 Å². The van der Waals surface area contributed by atoms with Gasteiger partial charge in [0.15, 0.2) is 0 Å². The van der Waals surface area contributed by atoms with Crippen molar-refractivity contribution in [3.05, 3.63) is 149 Å². The molecule has 0 aliphatic rings. The largest absolute Gasteiger partial charge is 0.457 e. The van der Waals surface area contributed by atoms with Crippen molar-refractivity contribution in [2.45, 2.75) is 13.5 Å². The number of hydrogen-bond acceptors (Lipinski definition) is 4. The molecule has 5 aromatic carbocycles. The minimum Gasteiger partial charge on any atom is -0.457 e. The third-order valence-corrected chi connectivity index (χ3v) is 6.46. The third kappa shape index (κ3) is 7.02. The molecule has 0 aliphatic heterocycles. The molecule has 1 amide bonds. The van der Waals surface area contributed by atoms with Crippen LogP contribution >= 0.6 is 0 Å². The number of carbonyl (C=O) groups excluding carboxylic acids is 1. The van der Waals surface area contributed by atoms with Gasteiger partial charge in [-0.3, -0.25) is 4.79 Å². The summed E-state index contributed by atoms with van der Waals surface area (Å²) in [5, 5.41) is 9.97. The SMILES string of the molecule is Cc1ccc(Oc2cccc(Oc3ccc(N(C)C(=O)c4ccc(C#Cc5ccccc5)cc4CO)cc3)c2)cc1. The molecule has 5 rings (SSSR count). The maximum atomic E-state index is 13.3. The first-order chi connectivity index (χ1) is 20.0. The van der Waals surface area contributed by atoms with Crippen LogP contribution in [0.2, 0.25) is 0 Å². The molecule has 0 spiro atoms. The fraction of sp³-hybridized carbons (Fsp3) is 0.0833. The topological polar surface area (TPSA) is 59.0 Å². The van der Waals surface area contributed by atoms with Crippen molar-refractivity contribution in [1.82, 2.24) is 0 Å². The number of rotatable bonds is 7. The number of amides is 1. The summed E-state index contributed by atoms with van der Waals surface area (Å²) >= 11 is 0. The number of hydrogen-bond donors (Lipinski definition) is 1. The predicted molar refractivity (Wildman–Crippen MR) is 162 cm³/mol. The van der Waals surface area contributed by atoms with Crippen molar-refractivity contribution >= 4 is 11.6 Å². The van der Waals surface area contributed by atoms with Gasteiger partial charge in [-0.25, -0.2) is 0 Å². The van der Waals surface area contributed by atoms with Crippen LogP contribution in [0, 0.1) is 18.8 Å². The van der Waals surface area contributed by atoms with Crippen LogP contribution in [0.15, 0.2) is 121 Å². The zero-order valence-corrected chi connectivity index (χ0v) is 22.9. The van der Waals surface area contributed by atoms with Gasteiger partial charge in [-0.05, 0) is 91.3 Å². The van der Waals surface area contributed by atoms with Crippen molar-refractivity contribution < 1.29 is 19.4 Å². The molecule has 41 heavy (non-hydrogen) atoms. The lowest BCUT2D eigenvalue weighted by atomic mass is 10.0. The Hall–Kier alpha value is -5.31. The van der Waals surface area contributed by atoms with Gasteiger partial charge < -0.3 is 19.5 Å². The molecule has 5 nitrogen and oxygen atoms in total. The molecule has 0 radical (unpaired) electrons. The average Bonchev–Trinajstić information content (AvgIpc) is 3.01. The van der Waals surface area contributed by atoms with Crippen LogP contribution in [0.4, 0.5) is 5.69 Å². The van der Waals surface area contributed by atoms with E-state index in [1.165, 1.54) is 5.56 Å². The molecule has 0 aromatic heterocycles. The number of aliphatic hydroxyl groups is 1. The minimum atomic E-state index is -0.269. The second-order valence-corrected chi connectivity index (χ2v) is 9.50. The fourth-order valence-electron chi connectivity index (χ4n) is 4.19. The van der Waals surface area contributed by atoms with Crippen molar-refractivity contribution in [3.63, 3.8) is 0 Å². The first-order valence-corrected chi connectivity index (χ1v) is 13.2.